The summed E-state index contributed by atoms with van der Waals surface area (Å²) in [5.41, 5.74) is -0.382. The number of carbonyl (C=O) groups excluding carboxylic acids is 2. The smallest absolute Gasteiger partial charge is 0.306 e. The molecule has 1 rings (SSSR count). The van der Waals surface area contributed by atoms with Gasteiger partial charge in [0.15, 0.2) is 0 Å². The first-order chi connectivity index (χ1) is 9.36. The lowest BCUT2D eigenvalue weighted by Crippen LogP contribution is -2.54. The fourth-order valence-electron chi connectivity index (χ4n) is 2.44. The number of esters is 1. The van der Waals surface area contributed by atoms with Gasteiger partial charge >= 0.3 is 5.97 Å². The summed E-state index contributed by atoms with van der Waals surface area (Å²) in [5.74, 6) is -0.330. The highest BCUT2D eigenvalue weighted by Crippen LogP contribution is 2.20. The number of morpholine rings is 1. The minimum atomic E-state index is -0.382. The van der Waals surface area contributed by atoms with Crippen LogP contribution in [0.1, 0.15) is 33.6 Å². The Hall–Kier alpha value is -0.980. The molecule has 20 heavy (non-hydrogen) atoms. The van der Waals surface area contributed by atoms with Gasteiger partial charge in [0.2, 0.25) is 0 Å². The van der Waals surface area contributed by atoms with Crippen molar-refractivity contribution in [3.8, 4) is 0 Å². The van der Waals surface area contributed by atoms with Gasteiger partial charge in [0.1, 0.15) is 5.78 Å². The minimum absolute atomic E-state index is 0.00689. The van der Waals surface area contributed by atoms with E-state index in [4.69, 9.17) is 9.47 Å². The van der Waals surface area contributed by atoms with Gasteiger partial charge in [-0.15, -0.1) is 0 Å². The van der Waals surface area contributed by atoms with Crippen molar-refractivity contribution < 1.29 is 24.2 Å². The predicted molar refractivity (Wildman–Crippen MR) is 73.4 cm³/mol. The van der Waals surface area contributed by atoms with E-state index >= 15 is 0 Å². The third-order valence-corrected chi connectivity index (χ3v) is 3.07. The molecule has 1 saturated heterocycles. The molecule has 0 radical (unpaired) electrons. The molecule has 0 amide bonds. The van der Waals surface area contributed by atoms with E-state index in [0.717, 1.165) is 0 Å². The first-order valence-electron chi connectivity index (χ1n) is 7.04. The highest BCUT2D eigenvalue weighted by Gasteiger charge is 2.33. The molecule has 1 unspecified atom stereocenters. The van der Waals surface area contributed by atoms with Gasteiger partial charge < -0.3 is 14.6 Å². The predicted octanol–water partition coefficient (Wildman–Crippen LogP) is 0.370. The molecule has 1 heterocycles. The van der Waals surface area contributed by atoms with Crippen molar-refractivity contribution in [2.75, 3.05) is 32.8 Å². The molecule has 1 N–H and O–H groups in total. The molecule has 0 saturated carbocycles. The third-order valence-electron chi connectivity index (χ3n) is 3.07. The Bertz CT molecular complexity index is 342. The number of Topliss-reactive ketones (excluding diaryl/α,β-unsaturated/α-hetero) is 1. The maximum absolute atomic E-state index is 11.9. The van der Waals surface area contributed by atoms with Crippen LogP contribution in [-0.4, -0.2) is 66.3 Å². The first kappa shape index (κ1) is 17.1. The molecule has 0 spiro atoms. The molecule has 0 aromatic heterocycles. The fraction of sp³-hybridized carbons (Fsp3) is 0.857. The van der Waals surface area contributed by atoms with Crippen LogP contribution < -0.4 is 0 Å². The summed E-state index contributed by atoms with van der Waals surface area (Å²) in [7, 11) is 0. The summed E-state index contributed by atoms with van der Waals surface area (Å²) in [6.07, 6.45) is 0.0566. The molecule has 0 bridgehead atoms. The topological polar surface area (TPSA) is 76.1 Å². The summed E-state index contributed by atoms with van der Waals surface area (Å²) in [4.78, 5) is 25.0. The largest absolute Gasteiger partial charge is 0.466 e. The van der Waals surface area contributed by atoms with Crippen molar-refractivity contribution in [1.82, 2.24) is 4.90 Å². The summed E-state index contributed by atoms with van der Waals surface area (Å²) >= 11 is 0. The Morgan fingerprint density at radius 3 is 2.70 bits per heavy atom. The number of aliphatic hydroxyl groups excluding tert-OH is 1. The van der Waals surface area contributed by atoms with Crippen LogP contribution in [0.25, 0.3) is 0 Å². The number of hydrogen-bond acceptors (Lipinski definition) is 6. The van der Waals surface area contributed by atoms with E-state index in [1.54, 1.807) is 6.92 Å². The monoisotopic (exact) mass is 287 g/mol. The summed E-state index contributed by atoms with van der Waals surface area (Å²) in [5, 5.41) is 9.21. The number of carbonyl (C=O) groups is 2. The molecule has 1 aliphatic heterocycles. The van der Waals surface area contributed by atoms with E-state index in [2.05, 4.69) is 0 Å². The molecule has 0 aromatic rings. The zero-order valence-corrected chi connectivity index (χ0v) is 12.6. The molecule has 0 aliphatic carbocycles. The van der Waals surface area contributed by atoms with Gasteiger partial charge in [0, 0.05) is 19.5 Å². The van der Waals surface area contributed by atoms with Crippen LogP contribution in [0.2, 0.25) is 0 Å². The van der Waals surface area contributed by atoms with Crippen molar-refractivity contribution in [3.63, 3.8) is 0 Å². The molecule has 116 valence electrons. The van der Waals surface area contributed by atoms with Crippen molar-refractivity contribution in [1.29, 1.82) is 0 Å². The Morgan fingerprint density at radius 1 is 1.40 bits per heavy atom. The number of ether oxygens (including phenoxy) is 2. The van der Waals surface area contributed by atoms with Gasteiger partial charge in [-0.2, -0.15) is 0 Å². The second kappa shape index (κ2) is 7.71. The van der Waals surface area contributed by atoms with Crippen LogP contribution in [0.15, 0.2) is 0 Å². The maximum atomic E-state index is 11.9. The van der Waals surface area contributed by atoms with Crippen molar-refractivity contribution >= 4 is 11.8 Å². The van der Waals surface area contributed by atoms with Crippen LogP contribution in [0.5, 0.6) is 0 Å². The minimum Gasteiger partial charge on any atom is -0.466 e. The molecule has 1 fully saturated rings. The highest BCUT2D eigenvalue weighted by molar-refractivity contribution is 5.84. The second-order valence-corrected chi connectivity index (χ2v) is 5.70. The van der Waals surface area contributed by atoms with Gasteiger partial charge in [-0.1, -0.05) is 0 Å². The zero-order valence-electron chi connectivity index (χ0n) is 12.6. The Kier molecular flexibility index (Phi) is 6.58. The Balaban J connectivity index is 2.39. The standard InChI is InChI=1S/C14H25NO5/c1-4-19-13(18)6-5-11(17)7-15-8-12(9-16)20-14(2,3)10-15/h12,16H,4-10H2,1-3H3. The van der Waals surface area contributed by atoms with E-state index < -0.39 is 0 Å². The molecule has 0 aromatic carbocycles. The van der Waals surface area contributed by atoms with Crippen LogP contribution in [0, 0.1) is 0 Å². The lowest BCUT2D eigenvalue weighted by Gasteiger charge is -2.42. The second-order valence-electron chi connectivity index (χ2n) is 5.70. The van der Waals surface area contributed by atoms with Crippen molar-refractivity contribution in [2.45, 2.75) is 45.3 Å². The SMILES string of the molecule is CCOC(=O)CCC(=O)CN1CC(CO)OC(C)(C)C1. The lowest BCUT2D eigenvalue weighted by atomic mass is 10.0. The van der Waals surface area contributed by atoms with E-state index in [0.29, 0.717) is 19.7 Å². The summed E-state index contributed by atoms with van der Waals surface area (Å²) in [6, 6.07) is 0. The number of rotatable bonds is 7. The normalized spacial score (nSPS) is 22.5. The van der Waals surface area contributed by atoms with Crippen LogP contribution in [-0.2, 0) is 19.1 Å². The Morgan fingerprint density at radius 2 is 2.10 bits per heavy atom. The van der Waals surface area contributed by atoms with Gasteiger partial charge in [-0.25, -0.2) is 0 Å². The zero-order chi connectivity index (χ0) is 15.2. The van der Waals surface area contributed by atoms with Gasteiger partial charge in [-0.05, 0) is 20.8 Å². The van der Waals surface area contributed by atoms with Crippen LogP contribution in [0.3, 0.4) is 0 Å². The van der Waals surface area contributed by atoms with E-state index in [1.807, 2.05) is 18.7 Å². The van der Waals surface area contributed by atoms with Gasteiger partial charge in [0.05, 0.1) is 37.9 Å². The summed E-state index contributed by atoms with van der Waals surface area (Å²) < 4.78 is 10.5. The third kappa shape index (κ3) is 5.98. The van der Waals surface area contributed by atoms with Crippen molar-refractivity contribution in [2.24, 2.45) is 0 Å². The molecule has 1 atom stereocenters. The van der Waals surface area contributed by atoms with E-state index in [1.165, 1.54) is 0 Å². The van der Waals surface area contributed by atoms with E-state index in [9.17, 15) is 14.7 Å². The molecular weight excluding hydrogens is 262 g/mol. The average Bonchev–Trinajstić information content (AvgIpc) is 2.34. The maximum Gasteiger partial charge on any atom is 0.306 e. The quantitative estimate of drug-likeness (QED) is 0.682. The van der Waals surface area contributed by atoms with Gasteiger partial charge in [-0.3, -0.25) is 14.5 Å². The number of aliphatic hydroxyl groups is 1. The average molecular weight is 287 g/mol. The first-order valence-corrected chi connectivity index (χ1v) is 7.04. The van der Waals surface area contributed by atoms with E-state index in [-0.39, 0.29) is 49.5 Å². The molecule has 1 aliphatic rings. The van der Waals surface area contributed by atoms with Crippen molar-refractivity contribution in [3.05, 3.63) is 0 Å². The number of nitrogens with zero attached hydrogens (tertiary/aromatic N) is 1. The highest BCUT2D eigenvalue weighted by atomic mass is 16.5. The Labute approximate surface area is 120 Å². The van der Waals surface area contributed by atoms with Crippen LogP contribution in [0.4, 0.5) is 0 Å². The van der Waals surface area contributed by atoms with Gasteiger partial charge in [0.25, 0.3) is 0 Å². The summed E-state index contributed by atoms with van der Waals surface area (Å²) in [6.45, 7) is 7.34. The molecule has 6 heteroatoms. The fourth-order valence-corrected chi connectivity index (χ4v) is 2.44. The lowest BCUT2D eigenvalue weighted by molar-refractivity contribution is -0.153. The number of ketones is 1. The molecular formula is C14H25NO5. The molecule has 6 nitrogen and oxygen atoms in total. The number of hydrogen-bond donors (Lipinski definition) is 1. The van der Waals surface area contributed by atoms with Crippen LogP contribution >= 0.6 is 0 Å².